The number of aromatic nitrogens is 1. The number of benzene rings is 2. The van der Waals surface area contributed by atoms with Crippen LogP contribution in [0.1, 0.15) is 17.3 Å². The fourth-order valence-electron chi connectivity index (χ4n) is 2.37. The molecule has 0 bridgehead atoms. The topological polar surface area (TPSA) is 51.2 Å². The van der Waals surface area contributed by atoms with Crippen LogP contribution in [0.4, 0.5) is 11.5 Å². The van der Waals surface area contributed by atoms with Gasteiger partial charge in [-0.05, 0) is 25.1 Å². The first kappa shape index (κ1) is 15.3. The van der Waals surface area contributed by atoms with E-state index in [4.69, 9.17) is 16.3 Å². The number of halogens is 1. The molecule has 0 atom stereocenters. The highest BCUT2D eigenvalue weighted by atomic mass is 35.5. The third kappa shape index (κ3) is 3.27. The van der Waals surface area contributed by atoms with Crippen LogP contribution in [0.5, 0.6) is 0 Å². The van der Waals surface area contributed by atoms with E-state index >= 15 is 0 Å². The highest BCUT2D eigenvalue weighted by molar-refractivity contribution is 6.30. The molecule has 0 aliphatic heterocycles. The summed E-state index contributed by atoms with van der Waals surface area (Å²) in [5.74, 6) is 0.293. The summed E-state index contributed by atoms with van der Waals surface area (Å²) in [4.78, 5) is 16.5. The van der Waals surface area contributed by atoms with Crippen LogP contribution in [0.25, 0.3) is 10.8 Å². The zero-order valence-corrected chi connectivity index (χ0v) is 13.3. The van der Waals surface area contributed by atoms with E-state index < -0.39 is 0 Å². The number of rotatable bonds is 4. The zero-order valence-electron chi connectivity index (χ0n) is 12.5. The number of carbonyl (C=O) groups excluding carboxylic acids is 1. The van der Waals surface area contributed by atoms with Crippen LogP contribution in [0.3, 0.4) is 0 Å². The summed E-state index contributed by atoms with van der Waals surface area (Å²) in [7, 11) is 0. The standard InChI is InChI=1S/C18H15ClN2O2/c1-2-23-18(22)16-11-20-17(15-9-4-3-8-14(15)16)21-13-7-5-6-12(19)10-13/h3-11H,2H2,1H3,(H,20,21). The first-order valence-corrected chi connectivity index (χ1v) is 7.64. The van der Waals surface area contributed by atoms with Crippen molar-refractivity contribution in [1.82, 2.24) is 4.98 Å². The number of fused-ring (bicyclic) bond motifs is 1. The predicted octanol–water partition coefficient (Wildman–Crippen LogP) is 4.81. The smallest absolute Gasteiger partial charge is 0.340 e. The number of nitrogens with one attached hydrogen (secondary N) is 1. The molecule has 0 fully saturated rings. The average Bonchev–Trinajstić information content (AvgIpc) is 2.55. The van der Waals surface area contributed by atoms with E-state index in [0.717, 1.165) is 16.5 Å². The van der Waals surface area contributed by atoms with E-state index in [1.54, 1.807) is 6.92 Å². The molecule has 2 aromatic carbocycles. The van der Waals surface area contributed by atoms with Crippen molar-refractivity contribution in [1.29, 1.82) is 0 Å². The number of hydrogen-bond donors (Lipinski definition) is 1. The minimum atomic E-state index is -0.370. The molecule has 0 radical (unpaired) electrons. The minimum Gasteiger partial charge on any atom is -0.462 e. The van der Waals surface area contributed by atoms with Gasteiger partial charge in [0.1, 0.15) is 5.82 Å². The Morgan fingerprint density at radius 3 is 2.70 bits per heavy atom. The second-order valence-electron chi connectivity index (χ2n) is 4.92. The lowest BCUT2D eigenvalue weighted by atomic mass is 10.1. The Kier molecular flexibility index (Phi) is 4.44. The highest BCUT2D eigenvalue weighted by Crippen LogP contribution is 2.28. The van der Waals surface area contributed by atoms with Crippen molar-refractivity contribution in [3.05, 3.63) is 65.3 Å². The van der Waals surface area contributed by atoms with Crippen LogP contribution in [-0.2, 0) is 4.74 Å². The first-order valence-electron chi connectivity index (χ1n) is 7.26. The van der Waals surface area contributed by atoms with Gasteiger partial charge in [0.05, 0.1) is 12.2 Å². The van der Waals surface area contributed by atoms with Crippen LogP contribution in [0.15, 0.2) is 54.7 Å². The van der Waals surface area contributed by atoms with Gasteiger partial charge in [-0.25, -0.2) is 9.78 Å². The highest BCUT2D eigenvalue weighted by Gasteiger charge is 2.14. The van der Waals surface area contributed by atoms with Crippen molar-refractivity contribution in [3.63, 3.8) is 0 Å². The summed E-state index contributed by atoms with van der Waals surface area (Å²) in [5, 5.41) is 5.52. The van der Waals surface area contributed by atoms with E-state index in [9.17, 15) is 4.79 Å². The molecule has 0 amide bonds. The van der Waals surface area contributed by atoms with Crippen LogP contribution in [0.2, 0.25) is 5.02 Å². The molecule has 1 heterocycles. The molecule has 3 rings (SSSR count). The fourth-order valence-corrected chi connectivity index (χ4v) is 2.56. The maximum absolute atomic E-state index is 12.1. The average molecular weight is 327 g/mol. The number of anilines is 2. The van der Waals surface area contributed by atoms with Crippen molar-refractivity contribution in [2.75, 3.05) is 11.9 Å². The van der Waals surface area contributed by atoms with Gasteiger partial charge in [-0.1, -0.05) is 41.9 Å². The van der Waals surface area contributed by atoms with Gasteiger partial charge in [-0.15, -0.1) is 0 Å². The Morgan fingerprint density at radius 2 is 1.96 bits per heavy atom. The molecule has 23 heavy (non-hydrogen) atoms. The summed E-state index contributed by atoms with van der Waals surface area (Å²) in [6, 6.07) is 15.0. The van der Waals surface area contributed by atoms with Crippen LogP contribution < -0.4 is 5.32 Å². The Hall–Kier alpha value is -2.59. The summed E-state index contributed by atoms with van der Waals surface area (Å²) in [6.07, 6.45) is 1.53. The molecule has 0 aliphatic carbocycles. The van der Waals surface area contributed by atoms with Crippen molar-refractivity contribution >= 4 is 39.8 Å². The Balaban J connectivity index is 2.06. The van der Waals surface area contributed by atoms with Crippen LogP contribution in [0, 0.1) is 0 Å². The minimum absolute atomic E-state index is 0.329. The molecule has 0 unspecified atom stereocenters. The Bertz CT molecular complexity index is 865. The molecule has 0 aliphatic rings. The van der Waals surface area contributed by atoms with Crippen molar-refractivity contribution in [2.45, 2.75) is 6.92 Å². The summed E-state index contributed by atoms with van der Waals surface area (Å²) in [5.41, 5.74) is 1.29. The second-order valence-corrected chi connectivity index (χ2v) is 5.36. The van der Waals surface area contributed by atoms with Gasteiger partial charge in [0.25, 0.3) is 0 Å². The molecule has 0 saturated heterocycles. The number of carbonyl (C=O) groups is 1. The number of esters is 1. The van der Waals surface area contributed by atoms with E-state index in [-0.39, 0.29) is 5.97 Å². The zero-order chi connectivity index (χ0) is 16.2. The molecule has 5 heteroatoms. The van der Waals surface area contributed by atoms with Gasteiger partial charge >= 0.3 is 5.97 Å². The van der Waals surface area contributed by atoms with E-state index in [1.807, 2.05) is 48.5 Å². The monoisotopic (exact) mass is 326 g/mol. The summed E-state index contributed by atoms with van der Waals surface area (Å²) >= 11 is 6.01. The maximum Gasteiger partial charge on any atom is 0.340 e. The third-order valence-electron chi connectivity index (χ3n) is 3.38. The molecule has 4 nitrogen and oxygen atoms in total. The molecule has 0 spiro atoms. The molecule has 1 aromatic heterocycles. The van der Waals surface area contributed by atoms with Gasteiger partial charge in [-0.2, -0.15) is 0 Å². The number of nitrogens with zero attached hydrogens (tertiary/aromatic N) is 1. The van der Waals surface area contributed by atoms with Gasteiger partial charge in [-0.3, -0.25) is 0 Å². The summed E-state index contributed by atoms with van der Waals surface area (Å²) in [6.45, 7) is 2.11. The van der Waals surface area contributed by atoms with Gasteiger partial charge in [0.2, 0.25) is 0 Å². The quantitative estimate of drug-likeness (QED) is 0.699. The van der Waals surface area contributed by atoms with E-state index in [0.29, 0.717) is 23.0 Å². The third-order valence-corrected chi connectivity index (χ3v) is 3.61. The predicted molar refractivity (Wildman–Crippen MR) is 92.4 cm³/mol. The molecular formula is C18H15ClN2O2. The van der Waals surface area contributed by atoms with E-state index in [1.165, 1.54) is 6.20 Å². The van der Waals surface area contributed by atoms with Gasteiger partial charge in [0, 0.05) is 27.7 Å². The number of hydrogen-bond acceptors (Lipinski definition) is 4. The second kappa shape index (κ2) is 6.67. The fraction of sp³-hybridized carbons (Fsp3) is 0.111. The van der Waals surface area contributed by atoms with Crippen LogP contribution in [-0.4, -0.2) is 17.6 Å². The number of ether oxygens (including phenoxy) is 1. The lowest BCUT2D eigenvalue weighted by Crippen LogP contribution is -2.07. The normalized spacial score (nSPS) is 10.5. The lowest BCUT2D eigenvalue weighted by Gasteiger charge is -2.11. The van der Waals surface area contributed by atoms with Gasteiger partial charge in [0.15, 0.2) is 0 Å². The van der Waals surface area contributed by atoms with Gasteiger partial charge < -0.3 is 10.1 Å². The Morgan fingerprint density at radius 1 is 1.17 bits per heavy atom. The van der Waals surface area contributed by atoms with Crippen molar-refractivity contribution in [2.24, 2.45) is 0 Å². The maximum atomic E-state index is 12.1. The SMILES string of the molecule is CCOC(=O)c1cnc(Nc2cccc(Cl)c2)c2ccccc12. The molecule has 0 saturated carbocycles. The molecule has 116 valence electrons. The molecule has 1 N–H and O–H groups in total. The van der Waals surface area contributed by atoms with Crippen LogP contribution >= 0.6 is 11.6 Å². The molecule has 3 aromatic rings. The largest absolute Gasteiger partial charge is 0.462 e. The number of pyridine rings is 1. The van der Waals surface area contributed by atoms with Crippen molar-refractivity contribution < 1.29 is 9.53 Å². The first-order chi connectivity index (χ1) is 11.2. The molecular weight excluding hydrogens is 312 g/mol. The summed E-state index contributed by atoms with van der Waals surface area (Å²) < 4.78 is 5.09. The Labute approximate surface area is 139 Å². The van der Waals surface area contributed by atoms with E-state index in [2.05, 4.69) is 10.3 Å². The lowest BCUT2D eigenvalue weighted by molar-refractivity contribution is 0.0528. The van der Waals surface area contributed by atoms with Crippen molar-refractivity contribution in [3.8, 4) is 0 Å².